The van der Waals surface area contributed by atoms with Crippen molar-refractivity contribution in [1.82, 2.24) is 5.32 Å². The van der Waals surface area contributed by atoms with Gasteiger partial charge >= 0.3 is 0 Å². The van der Waals surface area contributed by atoms with Gasteiger partial charge in [0.2, 0.25) is 5.91 Å². The summed E-state index contributed by atoms with van der Waals surface area (Å²) in [5, 5.41) is 44.2. The molecule has 0 bridgehead atoms. The third-order valence-electron chi connectivity index (χ3n) is 17.5. The molecule has 0 aromatic rings. The molecule has 1 amide bonds. The Kier molecular flexibility index (Phi) is 68.6. The zero-order valence-electron chi connectivity index (χ0n) is 55.3. The molecule has 5 N–H and O–H groups in total. The summed E-state index contributed by atoms with van der Waals surface area (Å²) >= 11 is 0. The van der Waals surface area contributed by atoms with Gasteiger partial charge in [0.25, 0.3) is 0 Å². The fraction of sp³-hybridized carbons (Fsp3) is 0.882. The molecule has 0 radical (unpaired) electrons. The Morgan fingerprint density at radius 2 is 0.549 bits per heavy atom. The summed E-state index contributed by atoms with van der Waals surface area (Å²) in [7, 11) is 0. The first-order valence-electron chi connectivity index (χ1n) is 37.0. The van der Waals surface area contributed by atoms with E-state index < -0.39 is 36.9 Å². The molecule has 82 heavy (non-hydrogen) atoms. The molecule has 0 aromatic heterocycles. The van der Waals surface area contributed by atoms with Gasteiger partial charge in [0, 0.05) is 0 Å². The van der Waals surface area contributed by atoms with Crippen LogP contribution in [-0.2, 0) is 4.79 Å². The van der Waals surface area contributed by atoms with E-state index in [0.29, 0.717) is 19.3 Å². The minimum Gasteiger partial charge on any atom is -0.394 e. The van der Waals surface area contributed by atoms with Crippen LogP contribution in [0.1, 0.15) is 399 Å². The SMILES string of the molecule is CCCCCCCCCCCCCCC/C=C\C/C=C\CCCCCCCCCCCCCCCCCCC(O)C(=O)NC(CO)C(O)C(O)CCC/C=C/CC/C=C/CCCCCCCCCCCCCCCCCCCCCCC. The summed E-state index contributed by atoms with van der Waals surface area (Å²) in [6, 6.07) is -1.01. The number of hydrogen-bond donors (Lipinski definition) is 5. The van der Waals surface area contributed by atoms with Crippen molar-refractivity contribution in [1.29, 1.82) is 0 Å². The summed E-state index contributed by atoms with van der Waals surface area (Å²) < 4.78 is 0. The number of rotatable bonds is 69. The minimum atomic E-state index is -1.29. The van der Waals surface area contributed by atoms with E-state index in [2.05, 4.69) is 67.8 Å². The molecule has 4 unspecified atom stereocenters. The Morgan fingerprint density at radius 3 is 0.841 bits per heavy atom. The van der Waals surface area contributed by atoms with Gasteiger partial charge in [-0.2, -0.15) is 0 Å². The van der Waals surface area contributed by atoms with Crippen LogP contribution in [0.4, 0.5) is 0 Å². The van der Waals surface area contributed by atoms with E-state index >= 15 is 0 Å². The Hall–Kier alpha value is -1.73. The number of allylic oxidation sites excluding steroid dienone is 8. The molecule has 6 heteroatoms. The van der Waals surface area contributed by atoms with Crippen molar-refractivity contribution in [3.8, 4) is 0 Å². The van der Waals surface area contributed by atoms with Crippen LogP contribution in [0.25, 0.3) is 0 Å². The summed E-state index contributed by atoms with van der Waals surface area (Å²) in [5.41, 5.74) is 0. The Bertz CT molecular complexity index is 1340. The molecule has 6 nitrogen and oxygen atoms in total. The number of hydrogen-bond acceptors (Lipinski definition) is 5. The van der Waals surface area contributed by atoms with Gasteiger partial charge in [0.15, 0.2) is 0 Å². The van der Waals surface area contributed by atoms with E-state index in [1.54, 1.807) is 0 Å². The van der Waals surface area contributed by atoms with E-state index in [0.717, 1.165) is 44.9 Å². The molecule has 0 aliphatic rings. The highest BCUT2D eigenvalue weighted by Gasteiger charge is 2.28. The van der Waals surface area contributed by atoms with E-state index in [1.807, 2.05) is 0 Å². The first-order chi connectivity index (χ1) is 40.5. The van der Waals surface area contributed by atoms with Gasteiger partial charge in [-0.05, 0) is 83.5 Å². The molecular formula is C76H145NO5. The average Bonchev–Trinajstić information content (AvgIpc) is 3.49. The maximum atomic E-state index is 12.7. The van der Waals surface area contributed by atoms with Crippen molar-refractivity contribution >= 4 is 5.91 Å². The van der Waals surface area contributed by atoms with Crippen LogP contribution in [-0.4, -0.2) is 57.3 Å². The lowest BCUT2D eigenvalue weighted by Crippen LogP contribution is -2.53. The van der Waals surface area contributed by atoms with Gasteiger partial charge in [-0.15, -0.1) is 0 Å². The zero-order chi connectivity index (χ0) is 59.4. The molecule has 0 aliphatic heterocycles. The molecule has 0 spiro atoms. The molecule has 0 fully saturated rings. The highest BCUT2D eigenvalue weighted by atomic mass is 16.3. The predicted molar refractivity (Wildman–Crippen MR) is 362 cm³/mol. The van der Waals surface area contributed by atoms with E-state index in [4.69, 9.17) is 0 Å². The van der Waals surface area contributed by atoms with Gasteiger partial charge in [-0.25, -0.2) is 0 Å². The molecular weight excluding hydrogens is 1010 g/mol. The van der Waals surface area contributed by atoms with Crippen LogP contribution < -0.4 is 5.32 Å². The molecule has 4 atom stereocenters. The lowest BCUT2D eigenvalue weighted by molar-refractivity contribution is -0.132. The monoisotopic (exact) mass is 1150 g/mol. The van der Waals surface area contributed by atoms with Gasteiger partial charge in [-0.1, -0.05) is 364 Å². The number of carbonyl (C=O) groups excluding carboxylic acids is 1. The Morgan fingerprint density at radius 1 is 0.305 bits per heavy atom. The minimum absolute atomic E-state index is 0.361. The third-order valence-corrected chi connectivity index (χ3v) is 17.5. The third kappa shape index (κ3) is 62.8. The fourth-order valence-corrected chi connectivity index (χ4v) is 11.8. The second-order valence-corrected chi connectivity index (χ2v) is 25.6. The fourth-order valence-electron chi connectivity index (χ4n) is 11.8. The number of amides is 1. The van der Waals surface area contributed by atoms with E-state index in [9.17, 15) is 25.2 Å². The lowest BCUT2D eigenvalue weighted by atomic mass is 10.00. The van der Waals surface area contributed by atoms with Gasteiger partial charge in [0.05, 0.1) is 18.8 Å². The standard InChI is InChI=1S/C76H145NO5/c1-3-5-7-9-11-13-15-17-19-21-23-25-27-29-31-33-35-36-37-38-39-40-42-44-46-48-50-52-54-56-58-60-62-64-66-68-70-74(80)76(82)77-72(71-78)75(81)73(79)69-67-65-63-61-59-57-55-53-51-49-47-45-43-41-34-32-30-28-26-24-22-20-18-16-14-12-10-8-6-4-2/h31,33,36-37,53,55,61,63,72-75,78-81H,3-30,32,34-35,38-52,54,56-60,62,64-71H2,1-2H3,(H,77,82)/b33-31-,37-36-,55-53+,63-61+. The Balaban J connectivity index is 3.58. The second-order valence-electron chi connectivity index (χ2n) is 25.6. The number of aliphatic hydroxyl groups is 4. The molecule has 0 aromatic carbocycles. The van der Waals surface area contributed by atoms with Crippen LogP contribution in [0.2, 0.25) is 0 Å². The topological polar surface area (TPSA) is 110 Å². The van der Waals surface area contributed by atoms with Gasteiger partial charge in [0.1, 0.15) is 12.2 Å². The van der Waals surface area contributed by atoms with Crippen LogP contribution in [0.5, 0.6) is 0 Å². The van der Waals surface area contributed by atoms with Crippen LogP contribution in [0.15, 0.2) is 48.6 Å². The molecule has 0 rings (SSSR count). The molecule has 0 aliphatic carbocycles. The van der Waals surface area contributed by atoms with E-state index in [1.165, 1.54) is 321 Å². The van der Waals surface area contributed by atoms with Gasteiger partial charge in [-0.3, -0.25) is 4.79 Å². The van der Waals surface area contributed by atoms with Crippen molar-refractivity contribution in [3.63, 3.8) is 0 Å². The number of carbonyl (C=O) groups is 1. The van der Waals surface area contributed by atoms with Gasteiger partial charge < -0.3 is 25.7 Å². The highest BCUT2D eigenvalue weighted by molar-refractivity contribution is 5.80. The highest BCUT2D eigenvalue weighted by Crippen LogP contribution is 2.19. The number of aliphatic hydroxyl groups excluding tert-OH is 4. The molecule has 484 valence electrons. The second kappa shape index (κ2) is 70.0. The Labute approximate surface area is 512 Å². The normalized spacial score (nSPS) is 13.7. The molecule has 0 saturated carbocycles. The molecule has 0 saturated heterocycles. The van der Waals surface area contributed by atoms with Crippen LogP contribution in [0.3, 0.4) is 0 Å². The van der Waals surface area contributed by atoms with Crippen molar-refractivity contribution in [2.45, 2.75) is 423 Å². The first-order valence-corrected chi connectivity index (χ1v) is 37.0. The number of nitrogens with one attached hydrogen (secondary N) is 1. The van der Waals surface area contributed by atoms with Crippen LogP contribution >= 0.6 is 0 Å². The summed E-state index contributed by atoms with van der Waals surface area (Å²) in [4.78, 5) is 12.7. The summed E-state index contributed by atoms with van der Waals surface area (Å²) in [6.45, 7) is 4.09. The maximum absolute atomic E-state index is 12.7. The largest absolute Gasteiger partial charge is 0.394 e. The quantitative estimate of drug-likeness (QED) is 0.0308. The van der Waals surface area contributed by atoms with Crippen molar-refractivity contribution < 1.29 is 25.2 Å². The number of unbranched alkanes of at least 4 members (excludes halogenated alkanes) is 52. The van der Waals surface area contributed by atoms with Crippen LogP contribution in [0, 0.1) is 0 Å². The average molecular weight is 1150 g/mol. The smallest absolute Gasteiger partial charge is 0.249 e. The summed E-state index contributed by atoms with van der Waals surface area (Å²) in [6.07, 6.45) is 92.6. The van der Waals surface area contributed by atoms with Crippen molar-refractivity contribution in [2.75, 3.05) is 6.61 Å². The summed E-state index contributed by atoms with van der Waals surface area (Å²) in [5.74, 6) is -0.592. The van der Waals surface area contributed by atoms with E-state index in [-0.39, 0.29) is 0 Å². The van der Waals surface area contributed by atoms with Crippen molar-refractivity contribution in [2.24, 2.45) is 0 Å². The first kappa shape index (κ1) is 80.3. The zero-order valence-corrected chi connectivity index (χ0v) is 55.3. The lowest BCUT2D eigenvalue weighted by Gasteiger charge is -2.27. The predicted octanol–water partition coefficient (Wildman–Crippen LogP) is 23.2. The van der Waals surface area contributed by atoms with Crippen molar-refractivity contribution in [3.05, 3.63) is 48.6 Å². The maximum Gasteiger partial charge on any atom is 0.249 e. The molecule has 0 heterocycles.